The van der Waals surface area contributed by atoms with Crippen molar-refractivity contribution in [2.24, 2.45) is 5.92 Å². The molecule has 2 heterocycles. The van der Waals surface area contributed by atoms with E-state index in [1.165, 1.54) is 4.90 Å². The average Bonchev–Trinajstić information content (AvgIpc) is 2.47. The molecule has 9 heteroatoms. The molecule has 6 nitrogen and oxygen atoms in total. The van der Waals surface area contributed by atoms with Crippen LogP contribution < -0.4 is 16.0 Å². The Morgan fingerprint density at radius 3 is 2.59 bits per heavy atom. The number of hydrogen-bond acceptors (Lipinski definition) is 4. The van der Waals surface area contributed by atoms with E-state index in [4.69, 9.17) is 0 Å². The van der Waals surface area contributed by atoms with E-state index < -0.39 is 30.6 Å². The zero-order valence-electron chi connectivity index (χ0n) is 12.2. The summed E-state index contributed by atoms with van der Waals surface area (Å²) in [5.74, 6) is -1.00. The lowest BCUT2D eigenvalue weighted by molar-refractivity contribution is -0.184. The topological polar surface area (TPSA) is 73.5 Å². The van der Waals surface area contributed by atoms with Gasteiger partial charge in [0.1, 0.15) is 6.04 Å². The molecule has 0 aliphatic carbocycles. The summed E-state index contributed by atoms with van der Waals surface area (Å²) in [6.07, 6.45) is -3.77. The first-order valence-corrected chi connectivity index (χ1v) is 7.44. The van der Waals surface area contributed by atoms with Crippen molar-refractivity contribution in [1.82, 2.24) is 20.9 Å². The van der Waals surface area contributed by atoms with E-state index in [-0.39, 0.29) is 18.9 Å². The highest BCUT2D eigenvalue weighted by molar-refractivity contribution is 5.83. The molecular weight excluding hydrogens is 301 g/mol. The minimum absolute atomic E-state index is 0.127. The highest BCUT2D eigenvalue weighted by Gasteiger charge is 2.44. The number of alkyl halides is 3. The third-order valence-electron chi connectivity index (χ3n) is 4.08. The Morgan fingerprint density at radius 2 is 2.05 bits per heavy atom. The van der Waals surface area contributed by atoms with E-state index in [0.717, 1.165) is 0 Å². The maximum absolute atomic E-state index is 13.2. The lowest BCUT2D eigenvalue weighted by Gasteiger charge is -2.36. The molecule has 2 rings (SSSR count). The van der Waals surface area contributed by atoms with Crippen LogP contribution in [0.2, 0.25) is 0 Å². The number of carbonyl (C=O) groups is 2. The van der Waals surface area contributed by atoms with Crippen molar-refractivity contribution in [3.05, 3.63) is 0 Å². The van der Waals surface area contributed by atoms with Gasteiger partial charge < -0.3 is 16.0 Å². The fourth-order valence-corrected chi connectivity index (χ4v) is 2.74. The first kappa shape index (κ1) is 17.0. The van der Waals surface area contributed by atoms with Crippen molar-refractivity contribution >= 4 is 11.8 Å². The smallest absolute Gasteiger partial charge is 0.355 e. The summed E-state index contributed by atoms with van der Waals surface area (Å²) < 4.78 is 39.5. The Kier molecular flexibility index (Phi) is 5.63. The van der Waals surface area contributed by atoms with E-state index in [9.17, 15) is 22.8 Å². The highest BCUT2D eigenvalue weighted by atomic mass is 19.4. The lowest BCUT2D eigenvalue weighted by atomic mass is 9.98. The molecule has 0 bridgehead atoms. The summed E-state index contributed by atoms with van der Waals surface area (Å²) in [5.41, 5.74) is 0. The maximum Gasteiger partial charge on any atom is 0.405 e. The van der Waals surface area contributed by atoms with Gasteiger partial charge >= 0.3 is 6.18 Å². The predicted octanol–water partition coefficient (Wildman–Crippen LogP) is -0.535. The monoisotopic (exact) mass is 322 g/mol. The number of carbonyl (C=O) groups excluding carboxylic acids is 2. The second-order valence-electron chi connectivity index (χ2n) is 5.63. The van der Waals surface area contributed by atoms with Crippen LogP contribution in [0.3, 0.4) is 0 Å². The molecule has 2 unspecified atom stereocenters. The van der Waals surface area contributed by atoms with Crippen molar-refractivity contribution in [1.29, 1.82) is 0 Å². The van der Waals surface area contributed by atoms with Gasteiger partial charge in [0.05, 0.1) is 5.92 Å². The lowest BCUT2D eigenvalue weighted by Crippen LogP contribution is -2.58. The number of rotatable bonds is 4. The molecular formula is C13H21F3N4O2. The van der Waals surface area contributed by atoms with E-state index >= 15 is 0 Å². The molecule has 0 spiro atoms. The summed E-state index contributed by atoms with van der Waals surface area (Å²) in [4.78, 5) is 24.3. The number of nitrogens with zero attached hydrogens (tertiary/aromatic N) is 1. The minimum atomic E-state index is -4.38. The number of amides is 2. The van der Waals surface area contributed by atoms with E-state index in [2.05, 4.69) is 16.0 Å². The Morgan fingerprint density at radius 1 is 1.36 bits per heavy atom. The number of halogens is 3. The van der Waals surface area contributed by atoms with E-state index in [0.29, 0.717) is 32.6 Å². The Balaban J connectivity index is 1.87. The summed E-state index contributed by atoms with van der Waals surface area (Å²) in [5, 5.41) is 7.96. The van der Waals surface area contributed by atoms with Crippen molar-refractivity contribution in [3.8, 4) is 0 Å². The minimum Gasteiger partial charge on any atom is -0.355 e. The molecule has 0 aromatic rings. The first-order valence-electron chi connectivity index (χ1n) is 7.44. The van der Waals surface area contributed by atoms with Gasteiger partial charge in [0.2, 0.25) is 11.8 Å². The SMILES string of the molecule is O=C1CCC(C(=O)NCC(N2CCNCC2)C(F)(F)F)CN1. The Hall–Kier alpha value is -1.35. The van der Waals surface area contributed by atoms with Crippen molar-refractivity contribution in [2.45, 2.75) is 25.1 Å². The third kappa shape index (κ3) is 4.57. The molecule has 2 aliphatic heterocycles. The number of nitrogens with one attached hydrogen (secondary N) is 3. The summed E-state index contributed by atoms with van der Waals surface area (Å²) in [6, 6.07) is -1.67. The molecule has 3 N–H and O–H groups in total. The van der Waals surface area contributed by atoms with E-state index in [1.54, 1.807) is 0 Å². The molecule has 0 aromatic carbocycles. The van der Waals surface area contributed by atoms with Gasteiger partial charge in [-0.25, -0.2) is 0 Å². The molecule has 2 saturated heterocycles. The molecule has 2 atom stereocenters. The van der Waals surface area contributed by atoms with Crippen LogP contribution in [0, 0.1) is 5.92 Å². The standard InChI is InChI=1S/C13H21F3N4O2/c14-13(15,16)10(20-5-3-17-4-6-20)8-19-12(22)9-1-2-11(21)18-7-9/h9-10,17H,1-8H2,(H,18,21)(H,19,22). The van der Waals surface area contributed by atoms with Crippen molar-refractivity contribution < 1.29 is 22.8 Å². The molecule has 2 fully saturated rings. The second-order valence-corrected chi connectivity index (χ2v) is 5.63. The van der Waals surface area contributed by atoms with Gasteiger partial charge in [-0.1, -0.05) is 0 Å². The van der Waals surface area contributed by atoms with Crippen LogP contribution in [-0.4, -0.2) is 68.2 Å². The molecule has 126 valence electrons. The van der Waals surface area contributed by atoms with Gasteiger partial charge in [-0.3, -0.25) is 14.5 Å². The van der Waals surface area contributed by atoms with Crippen LogP contribution in [0.15, 0.2) is 0 Å². The number of piperidine rings is 1. The van der Waals surface area contributed by atoms with Gasteiger partial charge in [0.25, 0.3) is 0 Å². The first-order chi connectivity index (χ1) is 10.4. The molecule has 22 heavy (non-hydrogen) atoms. The second kappa shape index (κ2) is 7.28. The van der Waals surface area contributed by atoms with Gasteiger partial charge in [-0.2, -0.15) is 13.2 Å². The predicted molar refractivity (Wildman–Crippen MR) is 73.0 cm³/mol. The fraction of sp³-hybridized carbons (Fsp3) is 0.846. The normalized spacial score (nSPS) is 25.4. The van der Waals surface area contributed by atoms with Gasteiger partial charge in [0.15, 0.2) is 0 Å². The van der Waals surface area contributed by atoms with Gasteiger partial charge in [0, 0.05) is 45.7 Å². The summed E-state index contributed by atoms with van der Waals surface area (Å²) >= 11 is 0. The van der Waals surface area contributed by atoms with Crippen LogP contribution >= 0.6 is 0 Å². The number of hydrogen-bond donors (Lipinski definition) is 3. The van der Waals surface area contributed by atoms with Crippen LogP contribution in [0.1, 0.15) is 12.8 Å². The van der Waals surface area contributed by atoms with Crippen molar-refractivity contribution in [2.75, 3.05) is 39.3 Å². The Labute approximate surface area is 126 Å². The largest absolute Gasteiger partial charge is 0.405 e. The van der Waals surface area contributed by atoms with Crippen LogP contribution in [0.4, 0.5) is 13.2 Å². The number of piperazine rings is 1. The van der Waals surface area contributed by atoms with Crippen LogP contribution in [0.25, 0.3) is 0 Å². The molecule has 2 aliphatic rings. The fourth-order valence-electron chi connectivity index (χ4n) is 2.74. The van der Waals surface area contributed by atoms with E-state index in [1.807, 2.05) is 0 Å². The van der Waals surface area contributed by atoms with Crippen LogP contribution in [-0.2, 0) is 9.59 Å². The molecule has 2 amide bonds. The summed E-state index contributed by atoms with van der Waals surface area (Å²) in [7, 11) is 0. The third-order valence-corrected chi connectivity index (χ3v) is 4.08. The van der Waals surface area contributed by atoms with Gasteiger partial charge in [-0.05, 0) is 6.42 Å². The average molecular weight is 322 g/mol. The Bertz CT molecular complexity index is 401. The summed E-state index contributed by atoms with van der Waals surface area (Å²) in [6.45, 7) is 1.37. The maximum atomic E-state index is 13.2. The highest BCUT2D eigenvalue weighted by Crippen LogP contribution is 2.25. The van der Waals surface area contributed by atoms with Crippen molar-refractivity contribution in [3.63, 3.8) is 0 Å². The quantitative estimate of drug-likeness (QED) is 0.650. The van der Waals surface area contributed by atoms with Gasteiger partial charge in [-0.15, -0.1) is 0 Å². The molecule has 0 aromatic heterocycles. The van der Waals surface area contributed by atoms with Crippen LogP contribution in [0.5, 0.6) is 0 Å². The molecule has 0 saturated carbocycles. The molecule has 0 radical (unpaired) electrons. The zero-order valence-corrected chi connectivity index (χ0v) is 12.2. The zero-order chi connectivity index (χ0) is 16.2.